The van der Waals surface area contributed by atoms with Crippen LogP contribution in [0.1, 0.15) is 28.8 Å². The van der Waals surface area contributed by atoms with Crippen LogP contribution in [0, 0.1) is 6.92 Å². The number of piperazine rings is 1. The minimum atomic E-state index is 0.152. The van der Waals surface area contributed by atoms with Gasteiger partial charge in [0.15, 0.2) is 0 Å². The molecule has 2 aliphatic heterocycles. The molecule has 1 unspecified atom stereocenters. The molecule has 2 aliphatic rings. The zero-order valence-electron chi connectivity index (χ0n) is 16.5. The molecule has 0 aromatic heterocycles. The van der Waals surface area contributed by atoms with Crippen molar-refractivity contribution < 1.29 is 9.53 Å². The molecule has 2 saturated heterocycles. The van der Waals surface area contributed by atoms with Crippen molar-refractivity contribution >= 4 is 23.4 Å². The molecule has 4 nitrogen and oxygen atoms in total. The number of anilines is 1. The highest BCUT2D eigenvalue weighted by Crippen LogP contribution is 2.28. The second-order valence-corrected chi connectivity index (χ2v) is 8.62. The van der Waals surface area contributed by atoms with Crippen LogP contribution in [-0.2, 0) is 4.74 Å². The molecule has 0 N–H and O–H groups in total. The first-order valence-corrected chi connectivity index (χ1v) is 11.1. The maximum Gasteiger partial charge on any atom is 0.255 e. The Kier molecular flexibility index (Phi) is 6.23. The third kappa shape index (κ3) is 4.53. The van der Waals surface area contributed by atoms with E-state index >= 15 is 0 Å². The quantitative estimate of drug-likeness (QED) is 0.708. The minimum Gasteiger partial charge on any atom is -0.377 e. The summed E-state index contributed by atoms with van der Waals surface area (Å²) >= 11 is 1.75. The summed E-state index contributed by atoms with van der Waals surface area (Å²) in [6.45, 7) is 6.27. The van der Waals surface area contributed by atoms with Crippen LogP contribution in [-0.4, -0.2) is 55.4 Å². The molecule has 148 valence electrons. The van der Waals surface area contributed by atoms with Crippen LogP contribution in [0.4, 0.5) is 5.69 Å². The monoisotopic (exact) mass is 396 g/mol. The molecule has 1 atom stereocenters. The average Bonchev–Trinajstić information content (AvgIpc) is 3.26. The third-order valence-corrected chi connectivity index (χ3v) is 6.71. The second kappa shape index (κ2) is 9.01. The average molecular weight is 397 g/mol. The van der Waals surface area contributed by atoms with Gasteiger partial charge in [0.1, 0.15) is 0 Å². The van der Waals surface area contributed by atoms with Gasteiger partial charge in [0.25, 0.3) is 5.91 Å². The van der Waals surface area contributed by atoms with Gasteiger partial charge in [-0.1, -0.05) is 24.3 Å². The Bertz CT molecular complexity index is 812. The van der Waals surface area contributed by atoms with Crippen molar-refractivity contribution in [3.63, 3.8) is 0 Å². The lowest BCUT2D eigenvalue weighted by Gasteiger charge is -2.36. The molecule has 1 amide bonds. The first-order valence-electron chi connectivity index (χ1n) is 10.1. The highest BCUT2D eigenvalue weighted by Gasteiger charge is 2.24. The maximum atomic E-state index is 13.2. The van der Waals surface area contributed by atoms with Gasteiger partial charge in [0.2, 0.25) is 0 Å². The number of hydrogen-bond acceptors (Lipinski definition) is 4. The van der Waals surface area contributed by atoms with Gasteiger partial charge in [-0.2, -0.15) is 0 Å². The van der Waals surface area contributed by atoms with Crippen LogP contribution in [0.15, 0.2) is 53.4 Å². The lowest BCUT2D eigenvalue weighted by molar-refractivity contribution is 0.0743. The number of hydrogen-bond donors (Lipinski definition) is 0. The molecule has 0 radical (unpaired) electrons. The van der Waals surface area contributed by atoms with E-state index in [2.05, 4.69) is 42.2 Å². The second-order valence-electron chi connectivity index (χ2n) is 7.56. The summed E-state index contributed by atoms with van der Waals surface area (Å²) in [7, 11) is 0. The van der Waals surface area contributed by atoms with Gasteiger partial charge < -0.3 is 14.5 Å². The molecular weight excluding hydrogens is 368 g/mol. The zero-order valence-corrected chi connectivity index (χ0v) is 17.3. The smallest absolute Gasteiger partial charge is 0.255 e. The topological polar surface area (TPSA) is 32.8 Å². The van der Waals surface area contributed by atoms with Gasteiger partial charge in [0.05, 0.1) is 11.7 Å². The number of carbonyl (C=O) groups excluding carboxylic acids is 1. The summed E-state index contributed by atoms with van der Waals surface area (Å²) in [5.74, 6) is 1.07. The summed E-state index contributed by atoms with van der Waals surface area (Å²) in [6.07, 6.45) is 2.60. The van der Waals surface area contributed by atoms with E-state index in [1.54, 1.807) is 11.8 Å². The highest BCUT2D eigenvalue weighted by atomic mass is 32.2. The fourth-order valence-corrected chi connectivity index (χ4v) is 5.00. The Morgan fingerprint density at radius 2 is 1.93 bits per heavy atom. The molecule has 5 heteroatoms. The van der Waals surface area contributed by atoms with E-state index in [0.29, 0.717) is 6.10 Å². The maximum absolute atomic E-state index is 13.2. The largest absolute Gasteiger partial charge is 0.377 e. The van der Waals surface area contributed by atoms with Crippen molar-refractivity contribution in [2.45, 2.75) is 30.8 Å². The number of thioether (sulfide) groups is 1. The fraction of sp³-hybridized carbons (Fsp3) is 0.435. The van der Waals surface area contributed by atoms with Gasteiger partial charge in [-0.15, -0.1) is 11.8 Å². The Labute approximate surface area is 171 Å². The number of benzene rings is 2. The lowest BCUT2D eigenvalue weighted by atomic mass is 10.1. The third-order valence-electron chi connectivity index (χ3n) is 5.50. The number of carbonyl (C=O) groups is 1. The van der Waals surface area contributed by atoms with E-state index in [0.717, 1.165) is 61.8 Å². The van der Waals surface area contributed by atoms with Crippen molar-refractivity contribution in [3.8, 4) is 0 Å². The number of ether oxygens (including phenoxy) is 1. The van der Waals surface area contributed by atoms with Gasteiger partial charge in [-0.3, -0.25) is 4.79 Å². The Balaban J connectivity index is 1.38. The van der Waals surface area contributed by atoms with Gasteiger partial charge >= 0.3 is 0 Å². The number of rotatable bonds is 5. The van der Waals surface area contributed by atoms with Crippen molar-refractivity contribution in [1.29, 1.82) is 0 Å². The van der Waals surface area contributed by atoms with Crippen molar-refractivity contribution in [2.24, 2.45) is 0 Å². The van der Waals surface area contributed by atoms with E-state index in [9.17, 15) is 4.79 Å². The van der Waals surface area contributed by atoms with Gasteiger partial charge in [-0.25, -0.2) is 0 Å². The molecular formula is C23H28N2O2S. The van der Waals surface area contributed by atoms with Crippen molar-refractivity contribution in [3.05, 3.63) is 59.7 Å². The molecule has 0 bridgehead atoms. The van der Waals surface area contributed by atoms with Crippen LogP contribution in [0.3, 0.4) is 0 Å². The van der Waals surface area contributed by atoms with E-state index in [4.69, 9.17) is 4.74 Å². The first kappa shape index (κ1) is 19.3. The predicted octanol–water partition coefficient (Wildman–Crippen LogP) is 4.23. The molecule has 2 aromatic rings. The normalized spacial score (nSPS) is 19.8. The molecule has 28 heavy (non-hydrogen) atoms. The summed E-state index contributed by atoms with van der Waals surface area (Å²) in [5.41, 5.74) is 3.35. The molecule has 0 spiro atoms. The number of nitrogens with zero attached hydrogens (tertiary/aromatic N) is 2. The van der Waals surface area contributed by atoms with E-state index in [-0.39, 0.29) is 5.91 Å². The first-order chi connectivity index (χ1) is 13.7. The van der Waals surface area contributed by atoms with Crippen LogP contribution < -0.4 is 4.90 Å². The summed E-state index contributed by atoms with van der Waals surface area (Å²) < 4.78 is 5.73. The van der Waals surface area contributed by atoms with Crippen LogP contribution in [0.25, 0.3) is 0 Å². The standard InChI is InChI=1S/C23H28N2O2S/c1-18-6-4-7-19(16-18)24-11-13-25(14-12-24)23(26)21-9-2-3-10-22(21)28-17-20-8-5-15-27-20/h2-4,6-7,9-10,16,20H,5,8,11-15,17H2,1H3. The molecule has 2 fully saturated rings. The van der Waals surface area contributed by atoms with E-state index < -0.39 is 0 Å². The highest BCUT2D eigenvalue weighted by molar-refractivity contribution is 7.99. The molecule has 2 heterocycles. The van der Waals surface area contributed by atoms with Crippen LogP contribution in [0.2, 0.25) is 0 Å². The summed E-state index contributed by atoms with van der Waals surface area (Å²) in [4.78, 5) is 18.6. The Morgan fingerprint density at radius 3 is 2.68 bits per heavy atom. The molecule has 0 saturated carbocycles. The summed E-state index contributed by atoms with van der Waals surface area (Å²) in [6, 6.07) is 16.6. The Morgan fingerprint density at radius 1 is 1.11 bits per heavy atom. The number of aryl methyl sites for hydroxylation is 1. The number of amides is 1. The molecule has 2 aromatic carbocycles. The molecule has 4 rings (SSSR count). The predicted molar refractivity (Wildman–Crippen MR) is 115 cm³/mol. The summed E-state index contributed by atoms with van der Waals surface area (Å²) in [5, 5.41) is 0. The minimum absolute atomic E-state index is 0.152. The zero-order chi connectivity index (χ0) is 19.3. The van der Waals surface area contributed by atoms with Crippen LogP contribution >= 0.6 is 11.8 Å². The van der Waals surface area contributed by atoms with Gasteiger partial charge in [-0.05, 0) is 49.6 Å². The Hall–Kier alpha value is -1.98. The lowest BCUT2D eigenvalue weighted by Crippen LogP contribution is -2.48. The van der Waals surface area contributed by atoms with E-state index in [1.165, 1.54) is 11.3 Å². The fourth-order valence-electron chi connectivity index (χ4n) is 3.89. The van der Waals surface area contributed by atoms with Crippen molar-refractivity contribution in [2.75, 3.05) is 43.4 Å². The SMILES string of the molecule is Cc1cccc(N2CCN(C(=O)c3ccccc3SCC3CCCO3)CC2)c1. The van der Waals surface area contributed by atoms with Crippen molar-refractivity contribution in [1.82, 2.24) is 4.90 Å². The van der Waals surface area contributed by atoms with E-state index in [1.807, 2.05) is 23.1 Å². The molecule has 0 aliphatic carbocycles. The van der Waals surface area contributed by atoms with Gasteiger partial charge in [0, 0.05) is 49.1 Å². The van der Waals surface area contributed by atoms with Crippen LogP contribution in [0.5, 0.6) is 0 Å².